The van der Waals surface area contributed by atoms with Crippen LogP contribution in [-0.4, -0.2) is 42.1 Å². The molecule has 0 unspecified atom stereocenters. The Bertz CT molecular complexity index is 477. The van der Waals surface area contributed by atoms with Gasteiger partial charge in [0.25, 0.3) is 0 Å². The van der Waals surface area contributed by atoms with Crippen LogP contribution in [0.25, 0.3) is 0 Å². The van der Waals surface area contributed by atoms with Crippen LogP contribution in [0.15, 0.2) is 23.3 Å². The summed E-state index contributed by atoms with van der Waals surface area (Å²) in [5.74, 6) is 0.523. The molecule has 1 rings (SSSR count). The van der Waals surface area contributed by atoms with E-state index in [1.165, 1.54) is 7.11 Å². The predicted octanol–water partition coefficient (Wildman–Crippen LogP) is 2.34. The Balaban J connectivity index is 2.60. The predicted molar refractivity (Wildman–Crippen MR) is 85.5 cm³/mol. The summed E-state index contributed by atoms with van der Waals surface area (Å²) in [4.78, 5) is 0. The van der Waals surface area contributed by atoms with Crippen LogP contribution in [0.4, 0.5) is 0 Å². The van der Waals surface area contributed by atoms with Gasteiger partial charge in [-0.25, -0.2) is 5.01 Å². The fraction of sp³-hybridized carbons (Fsp3) is 0.429. The number of hydrogen-bond donors (Lipinski definition) is 2. The monoisotopic (exact) mass is 295 g/mol. The highest BCUT2D eigenvalue weighted by atomic mass is 32.1. The van der Waals surface area contributed by atoms with Crippen LogP contribution < -0.4 is 10.1 Å². The second kappa shape index (κ2) is 8.37. The van der Waals surface area contributed by atoms with Crippen molar-refractivity contribution >= 4 is 23.5 Å². The number of phenolic OH excluding ortho intramolecular Hbond substituents is 1. The van der Waals surface area contributed by atoms with E-state index >= 15 is 0 Å². The van der Waals surface area contributed by atoms with Gasteiger partial charge in [0.15, 0.2) is 16.6 Å². The number of thiocarbonyl (C=S) groups is 1. The lowest BCUT2D eigenvalue weighted by molar-refractivity contribution is 0.373. The first-order valence-corrected chi connectivity index (χ1v) is 6.91. The van der Waals surface area contributed by atoms with Gasteiger partial charge in [-0.05, 0) is 42.4 Å². The summed E-state index contributed by atoms with van der Waals surface area (Å²) < 4.78 is 5.04. The maximum atomic E-state index is 9.51. The second-order valence-electron chi connectivity index (χ2n) is 4.28. The Labute approximate surface area is 125 Å². The number of methoxy groups -OCH3 is 1. The lowest BCUT2D eigenvalue weighted by Gasteiger charge is -2.15. The topological polar surface area (TPSA) is 57.1 Å². The molecule has 0 aliphatic carbocycles. The minimum atomic E-state index is 0.106. The molecule has 0 saturated heterocycles. The molecule has 20 heavy (non-hydrogen) atoms. The zero-order valence-corrected chi connectivity index (χ0v) is 12.9. The fourth-order valence-electron chi connectivity index (χ4n) is 1.47. The molecule has 0 saturated carbocycles. The molecule has 1 aromatic rings. The van der Waals surface area contributed by atoms with E-state index in [0.717, 1.165) is 24.9 Å². The highest BCUT2D eigenvalue weighted by Gasteiger charge is 2.03. The summed E-state index contributed by atoms with van der Waals surface area (Å²) in [6.07, 6.45) is 3.86. The Morgan fingerprint density at radius 1 is 1.55 bits per heavy atom. The second-order valence-corrected chi connectivity index (χ2v) is 4.67. The lowest BCUT2D eigenvalue weighted by atomic mass is 10.2. The molecule has 6 heteroatoms. The van der Waals surface area contributed by atoms with E-state index in [0.29, 0.717) is 10.9 Å². The van der Waals surface area contributed by atoms with Crippen molar-refractivity contribution in [2.24, 2.45) is 5.10 Å². The van der Waals surface area contributed by atoms with Crippen LogP contribution in [-0.2, 0) is 0 Å². The Hall–Kier alpha value is -1.82. The van der Waals surface area contributed by atoms with Crippen LogP contribution in [0, 0.1) is 0 Å². The van der Waals surface area contributed by atoms with Gasteiger partial charge in [-0.1, -0.05) is 13.3 Å². The highest BCUT2D eigenvalue weighted by Crippen LogP contribution is 2.25. The van der Waals surface area contributed by atoms with Crippen molar-refractivity contribution in [3.8, 4) is 11.5 Å². The van der Waals surface area contributed by atoms with E-state index in [1.807, 2.05) is 0 Å². The number of rotatable bonds is 6. The smallest absolute Gasteiger partial charge is 0.189 e. The molecule has 110 valence electrons. The molecule has 0 bridgehead atoms. The minimum Gasteiger partial charge on any atom is -0.504 e. The number of nitrogens with one attached hydrogen (secondary N) is 1. The van der Waals surface area contributed by atoms with Gasteiger partial charge >= 0.3 is 0 Å². The van der Waals surface area contributed by atoms with Gasteiger partial charge < -0.3 is 15.2 Å². The van der Waals surface area contributed by atoms with Crippen molar-refractivity contribution in [2.45, 2.75) is 19.8 Å². The third-order valence-corrected chi connectivity index (χ3v) is 3.09. The number of benzene rings is 1. The molecule has 0 aliphatic rings. The van der Waals surface area contributed by atoms with Crippen LogP contribution >= 0.6 is 12.2 Å². The van der Waals surface area contributed by atoms with E-state index in [9.17, 15) is 5.11 Å². The lowest BCUT2D eigenvalue weighted by Crippen LogP contribution is -2.34. The SMILES string of the molecule is CCCCNC(=S)N(C)/N=C/c1ccc(O)c(OC)c1. The Kier molecular flexibility index (Phi) is 6.79. The van der Waals surface area contributed by atoms with Crippen LogP contribution in [0.3, 0.4) is 0 Å². The summed E-state index contributed by atoms with van der Waals surface area (Å²) in [5.41, 5.74) is 0.822. The van der Waals surface area contributed by atoms with E-state index in [4.69, 9.17) is 17.0 Å². The first kappa shape index (κ1) is 16.2. The zero-order valence-electron chi connectivity index (χ0n) is 12.1. The maximum Gasteiger partial charge on any atom is 0.189 e. The van der Waals surface area contributed by atoms with Gasteiger partial charge in [0, 0.05) is 13.6 Å². The van der Waals surface area contributed by atoms with E-state index in [1.54, 1.807) is 36.5 Å². The molecule has 0 atom stereocenters. The molecule has 0 aliphatic heterocycles. The van der Waals surface area contributed by atoms with Crippen molar-refractivity contribution < 1.29 is 9.84 Å². The van der Waals surface area contributed by atoms with Gasteiger partial charge in [0.2, 0.25) is 0 Å². The third-order valence-electron chi connectivity index (χ3n) is 2.68. The first-order valence-electron chi connectivity index (χ1n) is 6.51. The van der Waals surface area contributed by atoms with Crippen molar-refractivity contribution in [1.29, 1.82) is 0 Å². The van der Waals surface area contributed by atoms with Crippen LogP contribution in [0.1, 0.15) is 25.3 Å². The summed E-state index contributed by atoms with van der Waals surface area (Å²) in [6, 6.07) is 5.03. The normalized spacial score (nSPS) is 10.6. The summed E-state index contributed by atoms with van der Waals surface area (Å²) in [5, 5.41) is 19.1. The first-order chi connectivity index (χ1) is 9.58. The van der Waals surface area contributed by atoms with E-state index in [2.05, 4.69) is 17.3 Å². The molecule has 0 aromatic heterocycles. The molecule has 5 nitrogen and oxygen atoms in total. The molecular formula is C14H21N3O2S. The highest BCUT2D eigenvalue weighted by molar-refractivity contribution is 7.80. The maximum absolute atomic E-state index is 9.51. The number of nitrogens with zero attached hydrogens (tertiary/aromatic N) is 2. The summed E-state index contributed by atoms with van der Waals surface area (Å²) in [6.45, 7) is 2.98. The van der Waals surface area contributed by atoms with Gasteiger partial charge in [0.05, 0.1) is 13.3 Å². The molecule has 0 heterocycles. The average molecular weight is 295 g/mol. The fourth-order valence-corrected chi connectivity index (χ4v) is 1.62. The van der Waals surface area contributed by atoms with Gasteiger partial charge in [0.1, 0.15) is 0 Å². The number of unbranched alkanes of at least 4 members (excludes halogenated alkanes) is 1. The molecule has 1 aromatic carbocycles. The number of hydrazone groups is 1. The quantitative estimate of drug-likeness (QED) is 0.365. The Morgan fingerprint density at radius 2 is 2.30 bits per heavy atom. The van der Waals surface area contributed by atoms with Gasteiger partial charge in [-0.2, -0.15) is 5.10 Å². The molecule has 0 spiro atoms. The molecule has 0 fully saturated rings. The Morgan fingerprint density at radius 3 is 2.95 bits per heavy atom. The third kappa shape index (κ3) is 5.05. The summed E-state index contributed by atoms with van der Waals surface area (Å²) in [7, 11) is 3.30. The number of hydrogen-bond acceptors (Lipinski definition) is 4. The van der Waals surface area contributed by atoms with Crippen molar-refractivity contribution in [2.75, 3.05) is 20.7 Å². The van der Waals surface area contributed by atoms with E-state index in [-0.39, 0.29) is 5.75 Å². The molecular weight excluding hydrogens is 274 g/mol. The number of phenols is 1. The average Bonchev–Trinajstić information content (AvgIpc) is 2.46. The van der Waals surface area contributed by atoms with Crippen molar-refractivity contribution in [3.05, 3.63) is 23.8 Å². The van der Waals surface area contributed by atoms with Crippen molar-refractivity contribution in [3.63, 3.8) is 0 Å². The van der Waals surface area contributed by atoms with Gasteiger partial charge in [-0.15, -0.1) is 0 Å². The van der Waals surface area contributed by atoms with Crippen LogP contribution in [0.2, 0.25) is 0 Å². The zero-order chi connectivity index (χ0) is 15.0. The molecule has 2 N–H and O–H groups in total. The standard InChI is InChI=1S/C14H21N3O2S/c1-4-5-8-15-14(20)17(2)16-10-11-6-7-12(18)13(9-11)19-3/h6-7,9-10,18H,4-5,8H2,1-3H3,(H,15,20)/b16-10+. The van der Waals surface area contributed by atoms with Gasteiger partial charge in [-0.3, -0.25) is 0 Å². The molecule has 0 radical (unpaired) electrons. The van der Waals surface area contributed by atoms with Crippen molar-refractivity contribution in [1.82, 2.24) is 10.3 Å². The summed E-state index contributed by atoms with van der Waals surface area (Å²) >= 11 is 5.21. The number of aromatic hydroxyl groups is 1. The number of ether oxygens (including phenoxy) is 1. The minimum absolute atomic E-state index is 0.106. The largest absolute Gasteiger partial charge is 0.504 e. The van der Waals surface area contributed by atoms with Crippen LogP contribution in [0.5, 0.6) is 11.5 Å². The molecule has 0 amide bonds. The van der Waals surface area contributed by atoms with E-state index < -0.39 is 0 Å².